The van der Waals surface area contributed by atoms with Gasteiger partial charge in [-0.25, -0.2) is 9.37 Å². The van der Waals surface area contributed by atoms with Crippen molar-refractivity contribution in [3.05, 3.63) is 69.9 Å². The molecule has 1 fully saturated rings. The Kier molecular flexibility index (Phi) is 7.34. The number of halogens is 1. The van der Waals surface area contributed by atoms with Crippen LogP contribution in [0.15, 0.2) is 47.8 Å². The number of nitrogens with one attached hydrogen (secondary N) is 2. The molecule has 3 aromatic rings. The van der Waals surface area contributed by atoms with Crippen molar-refractivity contribution in [3.63, 3.8) is 0 Å². The molecule has 2 amide bonds. The van der Waals surface area contributed by atoms with E-state index in [2.05, 4.69) is 15.6 Å². The number of amides is 2. The molecule has 33 heavy (non-hydrogen) atoms. The van der Waals surface area contributed by atoms with E-state index in [0.29, 0.717) is 23.6 Å². The molecule has 0 unspecified atom stereocenters. The van der Waals surface area contributed by atoms with E-state index in [0.717, 1.165) is 42.8 Å². The van der Waals surface area contributed by atoms with Crippen molar-refractivity contribution in [1.82, 2.24) is 4.98 Å². The number of aromatic nitrogens is 1. The molecule has 1 heterocycles. The largest absolute Gasteiger partial charge is 0.487 e. The first-order valence-corrected chi connectivity index (χ1v) is 11.9. The van der Waals surface area contributed by atoms with Crippen LogP contribution < -0.4 is 15.4 Å². The van der Waals surface area contributed by atoms with Gasteiger partial charge in [0.1, 0.15) is 18.2 Å². The molecule has 4 rings (SSSR count). The fraction of sp³-hybridized carbons (Fsp3) is 0.320. The highest BCUT2D eigenvalue weighted by molar-refractivity contribution is 7.09. The van der Waals surface area contributed by atoms with Crippen molar-refractivity contribution in [2.24, 2.45) is 5.92 Å². The number of carbonyl (C=O) groups is 2. The summed E-state index contributed by atoms with van der Waals surface area (Å²) in [5, 5.41) is 8.37. The van der Waals surface area contributed by atoms with Crippen LogP contribution in [0.5, 0.6) is 5.75 Å². The molecule has 2 N–H and O–H groups in total. The summed E-state index contributed by atoms with van der Waals surface area (Å²) in [7, 11) is 0. The van der Waals surface area contributed by atoms with E-state index in [1.807, 2.05) is 12.3 Å². The maximum Gasteiger partial charge on any atom is 0.255 e. The minimum absolute atomic E-state index is 0.0735. The van der Waals surface area contributed by atoms with E-state index >= 15 is 0 Å². The van der Waals surface area contributed by atoms with Crippen LogP contribution in [-0.2, 0) is 11.4 Å². The molecule has 0 saturated heterocycles. The highest BCUT2D eigenvalue weighted by atomic mass is 32.1. The Bertz CT molecular complexity index is 1120. The first-order chi connectivity index (χ1) is 16.0. The van der Waals surface area contributed by atoms with Gasteiger partial charge >= 0.3 is 0 Å². The summed E-state index contributed by atoms with van der Waals surface area (Å²) >= 11 is 1.57. The smallest absolute Gasteiger partial charge is 0.255 e. The Balaban J connectivity index is 1.35. The normalized spacial score (nSPS) is 14.0. The number of carbonyl (C=O) groups excluding carboxylic acids is 2. The molecular weight excluding hydrogens is 441 g/mol. The van der Waals surface area contributed by atoms with Crippen molar-refractivity contribution >= 4 is 34.5 Å². The zero-order chi connectivity index (χ0) is 23.2. The summed E-state index contributed by atoms with van der Waals surface area (Å²) < 4.78 is 20.0. The van der Waals surface area contributed by atoms with E-state index < -0.39 is 5.82 Å². The third-order valence-corrected chi connectivity index (χ3v) is 6.45. The van der Waals surface area contributed by atoms with Crippen LogP contribution in [0.2, 0.25) is 0 Å². The number of nitrogens with zero attached hydrogens (tertiary/aromatic N) is 1. The van der Waals surface area contributed by atoms with E-state index in [1.165, 1.54) is 18.2 Å². The van der Waals surface area contributed by atoms with Crippen molar-refractivity contribution in [2.45, 2.75) is 45.6 Å². The van der Waals surface area contributed by atoms with Crippen molar-refractivity contribution in [1.29, 1.82) is 0 Å². The summed E-state index contributed by atoms with van der Waals surface area (Å²) in [6.45, 7) is 2.30. The first kappa shape index (κ1) is 22.9. The summed E-state index contributed by atoms with van der Waals surface area (Å²) in [5.41, 5.74) is 1.77. The standard InChI is InChI=1S/C25H26FN3O3S/c1-16-27-20(15-33-16)14-32-21-10-7-18(8-11-21)24(30)28-19-9-12-22(26)23(13-19)29-25(31)17-5-3-2-4-6-17/h7-13,15,17H,2-6,14H2,1H3,(H,28,30)(H,29,31). The van der Waals surface area contributed by atoms with Gasteiger partial charge in [-0.15, -0.1) is 11.3 Å². The molecule has 0 atom stereocenters. The van der Waals surface area contributed by atoms with Gasteiger partial charge in [0.25, 0.3) is 5.91 Å². The fourth-order valence-electron chi connectivity index (χ4n) is 3.84. The lowest BCUT2D eigenvalue weighted by Gasteiger charge is -2.21. The average molecular weight is 468 g/mol. The molecule has 8 heteroatoms. The second kappa shape index (κ2) is 10.6. The second-order valence-corrected chi connectivity index (χ2v) is 9.21. The first-order valence-electron chi connectivity index (χ1n) is 11.0. The molecule has 0 radical (unpaired) electrons. The van der Waals surface area contributed by atoms with E-state index in [9.17, 15) is 14.0 Å². The molecule has 2 aromatic carbocycles. The highest BCUT2D eigenvalue weighted by Gasteiger charge is 2.22. The minimum atomic E-state index is -0.533. The second-order valence-electron chi connectivity index (χ2n) is 8.14. The Morgan fingerprint density at radius 2 is 1.85 bits per heavy atom. The summed E-state index contributed by atoms with van der Waals surface area (Å²) in [5.74, 6) is -0.495. The topological polar surface area (TPSA) is 80.3 Å². The zero-order valence-electron chi connectivity index (χ0n) is 18.4. The number of ether oxygens (including phenoxy) is 1. The van der Waals surface area contributed by atoms with Gasteiger partial charge in [0.2, 0.25) is 5.91 Å². The maximum absolute atomic E-state index is 14.3. The van der Waals surface area contributed by atoms with Gasteiger partial charge in [-0.3, -0.25) is 9.59 Å². The monoisotopic (exact) mass is 467 g/mol. The quantitative estimate of drug-likeness (QED) is 0.451. The molecule has 0 bridgehead atoms. The minimum Gasteiger partial charge on any atom is -0.487 e. The Labute approximate surface area is 196 Å². The van der Waals surface area contributed by atoms with Crippen LogP contribution >= 0.6 is 11.3 Å². The van der Waals surface area contributed by atoms with Gasteiger partial charge < -0.3 is 15.4 Å². The number of hydrogen-bond donors (Lipinski definition) is 2. The van der Waals surface area contributed by atoms with E-state index in [1.54, 1.807) is 35.6 Å². The maximum atomic E-state index is 14.3. The molecule has 6 nitrogen and oxygen atoms in total. The molecule has 1 aliphatic rings. The third kappa shape index (κ3) is 6.16. The lowest BCUT2D eigenvalue weighted by atomic mass is 9.88. The van der Waals surface area contributed by atoms with Gasteiger partial charge in [0.05, 0.1) is 16.4 Å². The molecule has 1 saturated carbocycles. The number of benzene rings is 2. The number of thiazole rings is 1. The number of anilines is 2. The Hall–Kier alpha value is -3.26. The lowest BCUT2D eigenvalue weighted by Crippen LogP contribution is -2.25. The van der Waals surface area contributed by atoms with Crippen LogP contribution in [0.3, 0.4) is 0 Å². The number of hydrogen-bond acceptors (Lipinski definition) is 5. The van der Waals surface area contributed by atoms with E-state index in [-0.39, 0.29) is 23.4 Å². The molecule has 0 aliphatic heterocycles. The molecular formula is C25H26FN3O3S. The molecule has 1 aromatic heterocycles. The number of aryl methyl sites for hydroxylation is 1. The van der Waals surface area contributed by atoms with Crippen LogP contribution in [-0.4, -0.2) is 16.8 Å². The fourth-order valence-corrected chi connectivity index (χ4v) is 4.43. The molecule has 172 valence electrons. The average Bonchev–Trinajstić information content (AvgIpc) is 3.25. The van der Waals surface area contributed by atoms with Gasteiger partial charge in [-0.05, 0) is 62.2 Å². The summed E-state index contributed by atoms with van der Waals surface area (Å²) in [6, 6.07) is 10.9. The predicted octanol–water partition coefficient (Wildman–Crippen LogP) is 5.94. The SMILES string of the molecule is Cc1nc(COc2ccc(C(=O)Nc3ccc(F)c(NC(=O)C4CCCCC4)c3)cc2)cs1. The molecule has 1 aliphatic carbocycles. The van der Waals surface area contributed by atoms with Crippen molar-refractivity contribution in [2.75, 3.05) is 10.6 Å². The summed E-state index contributed by atoms with van der Waals surface area (Å²) in [6.07, 6.45) is 4.83. The van der Waals surface area contributed by atoms with Crippen LogP contribution in [0.4, 0.5) is 15.8 Å². The lowest BCUT2D eigenvalue weighted by molar-refractivity contribution is -0.120. The van der Waals surface area contributed by atoms with Gasteiger partial charge in [-0.1, -0.05) is 19.3 Å². The van der Waals surface area contributed by atoms with Crippen LogP contribution in [0.1, 0.15) is 53.2 Å². The van der Waals surface area contributed by atoms with Gasteiger partial charge in [-0.2, -0.15) is 0 Å². The Morgan fingerprint density at radius 1 is 1.09 bits per heavy atom. The predicted molar refractivity (Wildman–Crippen MR) is 127 cm³/mol. The zero-order valence-corrected chi connectivity index (χ0v) is 19.2. The molecule has 0 spiro atoms. The van der Waals surface area contributed by atoms with E-state index in [4.69, 9.17) is 4.74 Å². The Morgan fingerprint density at radius 3 is 2.55 bits per heavy atom. The highest BCUT2D eigenvalue weighted by Crippen LogP contribution is 2.27. The van der Waals surface area contributed by atoms with Crippen molar-refractivity contribution in [3.8, 4) is 5.75 Å². The number of rotatable bonds is 7. The third-order valence-electron chi connectivity index (χ3n) is 5.63. The van der Waals surface area contributed by atoms with Crippen molar-refractivity contribution < 1.29 is 18.7 Å². The van der Waals surface area contributed by atoms with Gasteiger partial charge in [0, 0.05) is 22.5 Å². The van der Waals surface area contributed by atoms with Crippen LogP contribution in [0.25, 0.3) is 0 Å². The van der Waals surface area contributed by atoms with Crippen LogP contribution in [0, 0.1) is 18.7 Å². The summed E-state index contributed by atoms with van der Waals surface area (Å²) in [4.78, 5) is 29.5. The van der Waals surface area contributed by atoms with Gasteiger partial charge in [0.15, 0.2) is 0 Å².